The van der Waals surface area contributed by atoms with Gasteiger partial charge in [0.25, 0.3) is 0 Å². The fourth-order valence-electron chi connectivity index (χ4n) is 2.92. The van der Waals surface area contributed by atoms with Crippen molar-refractivity contribution in [3.05, 3.63) is 89.7 Å². The molecule has 3 heteroatoms. The predicted molar refractivity (Wildman–Crippen MR) is 102 cm³/mol. The number of aliphatic hydroxyl groups is 1. The van der Waals surface area contributed by atoms with Crippen molar-refractivity contribution in [3.63, 3.8) is 0 Å². The number of aromatic nitrogens is 1. The molecule has 25 heavy (non-hydrogen) atoms. The van der Waals surface area contributed by atoms with Crippen LogP contribution in [0.25, 0.3) is 11.1 Å². The van der Waals surface area contributed by atoms with Crippen LogP contribution in [-0.4, -0.2) is 16.7 Å². The number of hydrogen-bond donors (Lipinski definition) is 2. The maximum absolute atomic E-state index is 9.75. The Kier molecular flexibility index (Phi) is 5.94. The summed E-state index contributed by atoms with van der Waals surface area (Å²) >= 11 is 0. The van der Waals surface area contributed by atoms with Crippen LogP contribution in [0.5, 0.6) is 0 Å². The highest BCUT2D eigenvalue weighted by molar-refractivity contribution is 5.63. The van der Waals surface area contributed by atoms with Gasteiger partial charge in [0.15, 0.2) is 0 Å². The van der Waals surface area contributed by atoms with Crippen molar-refractivity contribution in [1.82, 2.24) is 10.3 Å². The van der Waals surface area contributed by atoms with Crippen molar-refractivity contribution in [3.8, 4) is 11.1 Å². The SMILES string of the molecule is CCc1ccc(C(CO)NCc2cccc(-c3ccncc3)c2)cc1. The molecule has 1 heterocycles. The minimum Gasteiger partial charge on any atom is -0.394 e. The summed E-state index contributed by atoms with van der Waals surface area (Å²) < 4.78 is 0. The van der Waals surface area contributed by atoms with Crippen LogP contribution in [0.1, 0.15) is 29.7 Å². The van der Waals surface area contributed by atoms with Crippen LogP contribution in [0, 0.1) is 0 Å². The van der Waals surface area contributed by atoms with Gasteiger partial charge >= 0.3 is 0 Å². The highest BCUT2D eigenvalue weighted by Gasteiger charge is 2.10. The summed E-state index contributed by atoms with van der Waals surface area (Å²) in [6.45, 7) is 2.93. The molecule has 0 amide bonds. The molecule has 0 aliphatic heterocycles. The number of benzene rings is 2. The summed E-state index contributed by atoms with van der Waals surface area (Å²) in [6, 6.07) is 20.9. The van der Waals surface area contributed by atoms with E-state index in [-0.39, 0.29) is 12.6 Å². The van der Waals surface area contributed by atoms with E-state index in [1.165, 1.54) is 16.7 Å². The number of rotatable bonds is 7. The number of aliphatic hydroxyl groups excluding tert-OH is 1. The molecule has 0 aliphatic carbocycles. The van der Waals surface area contributed by atoms with Gasteiger partial charge in [0.1, 0.15) is 0 Å². The zero-order valence-electron chi connectivity index (χ0n) is 14.5. The topological polar surface area (TPSA) is 45.1 Å². The Morgan fingerprint density at radius 3 is 2.36 bits per heavy atom. The Balaban J connectivity index is 1.69. The van der Waals surface area contributed by atoms with Crippen LogP contribution in [0.15, 0.2) is 73.1 Å². The molecule has 0 fully saturated rings. The minimum absolute atomic E-state index is 0.0597. The standard InChI is InChI=1S/C22H24N2O/c1-2-17-6-8-20(9-7-17)22(16-25)24-15-18-4-3-5-21(14-18)19-10-12-23-13-11-19/h3-14,22,24-25H,2,15-16H2,1H3. The van der Waals surface area contributed by atoms with E-state index in [1.807, 2.05) is 24.5 Å². The van der Waals surface area contributed by atoms with E-state index in [1.54, 1.807) is 0 Å². The second kappa shape index (κ2) is 8.56. The van der Waals surface area contributed by atoms with Crippen LogP contribution >= 0.6 is 0 Å². The second-order valence-electron chi connectivity index (χ2n) is 6.15. The smallest absolute Gasteiger partial charge is 0.0626 e. The van der Waals surface area contributed by atoms with Gasteiger partial charge in [-0.3, -0.25) is 4.98 Å². The Morgan fingerprint density at radius 1 is 0.920 bits per heavy atom. The van der Waals surface area contributed by atoms with Crippen LogP contribution in [0.3, 0.4) is 0 Å². The van der Waals surface area contributed by atoms with Crippen molar-refractivity contribution in [2.75, 3.05) is 6.61 Å². The molecule has 128 valence electrons. The molecule has 3 rings (SSSR count). The highest BCUT2D eigenvalue weighted by Crippen LogP contribution is 2.20. The maximum atomic E-state index is 9.75. The Hall–Kier alpha value is -2.49. The molecular weight excluding hydrogens is 308 g/mol. The van der Waals surface area contributed by atoms with Crippen LogP contribution in [0.4, 0.5) is 0 Å². The van der Waals surface area contributed by atoms with Gasteiger partial charge in [-0.15, -0.1) is 0 Å². The average molecular weight is 332 g/mol. The first-order valence-electron chi connectivity index (χ1n) is 8.72. The van der Waals surface area contributed by atoms with Gasteiger partial charge in [0.05, 0.1) is 12.6 Å². The van der Waals surface area contributed by atoms with Gasteiger partial charge in [-0.25, -0.2) is 0 Å². The fourth-order valence-corrected chi connectivity index (χ4v) is 2.92. The maximum Gasteiger partial charge on any atom is 0.0626 e. The van der Waals surface area contributed by atoms with Crippen molar-refractivity contribution in [2.24, 2.45) is 0 Å². The summed E-state index contributed by atoms with van der Waals surface area (Å²) in [5.74, 6) is 0. The van der Waals surface area contributed by atoms with Crippen LogP contribution < -0.4 is 5.32 Å². The normalized spacial score (nSPS) is 12.1. The van der Waals surface area contributed by atoms with Crippen molar-refractivity contribution >= 4 is 0 Å². The lowest BCUT2D eigenvalue weighted by molar-refractivity contribution is 0.243. The van der Waals surface area contributed by atoms with Gasteiger partial charge in [0, 0.05) is 18.9 Å². The van der Waals surface area contributed by atoms with Gasteiger partial charge in [0.2, 0.25) is 0 Å². The molecule has 0 bridgehead atoms. The van der Waals surface area contributed by atoms with Crippen LogP contribution in [-0.2, 0) is 13.0 Å². The number of aryl methyl sites for hydroxylation is 1. The third-order valence-electron chi connectivity index (χ3n) is 4.47. The Labute approximate surface area is 149 Å². The molecule has 0 spiro atoms. The van der Waals surface area contributed by atoms with E-state index in [0.29, 0.717) is 6.54 Å². The van der Waals surface area contributed by atoms with Gasteiger partial charge in [-0.2, -0.15) is 0 Å². The van der Waals surface area contributed by atoms with E-state index in [0.717, 1.165) is 17.5 Å². The molecule has 1 aromatic heterocycles. The van der Waals surface area contributed by atoms with Crippen molar-refractivity contribution < 1.29 is 5.11 Å². The van der Waals surface area contributed by atoms with Gasteiger partial charge in [-0.05, 0) is 52.4 Å². The molecule has 3 nitrogen and oxygen atoms in total. The average Bonchev–Trinajstić information content (AvgIpc) is 2.70. The summed E-state index contributed by atoms with van der Waals surface area (Å²) in [6.07, 6.45) is 4.64. The second-order valence-corrected chi connectivity index (χ2v) is 6.15. The van der Waals surface area contributed by atoms with E-state index in [4.69, 9.17) is 0 Å². The Morgan fingerprint density at radius 2 is 1.68 bits per heavy atom. The van der Waals surface area contributed by atoms with Crippen LogP contribution in [0.2, 0.25) is 0 Å². The molecule has 0 aliphatic rings. The van der Waals surface area contributed by atoms with Crippen molar-refractivity contribution in [2.45, 2.75) is 25.9 Å². The Bertz CT molecular complexity index is 785. The monoisotopic (exact) mass is 332 g/mol. The lowest BCUT2D eigenvalue weighted by Crippen LogP contribution is -2.24. The zero-order chi connectivity index (χ0) is 17.5. The quantitative estimate of drug-likeness (QED) is 0.684. The predicted octanol–water partition coefficient (Wildman–Crippen LogP) is 4.13. The summed E-state index contributed by atoms with van der Waals surface area (Å²) in [5.41, 5.74) is 5.95. The number of nitrogens with zero attached hydrogens (tertiary/aromatic N) is 1. The molecule has 0 saturated heterocycles. The molecule has 1 atom stereocenters. The van der Waals surface area contributed by atoms with Gasteiger partial charge in [-0.1, -0.05) is 49.4 Å². The first-order valence-corrected chi connectivity index (χ1v) is 8.72. The summed E-state index contributed by atoms with van der Waals surface area (Å²) in [7, 11) is 0. The lowest BCUT2D eigenvalue weighted by Gasteiger charge is -2.17. The number of hydrogen-bond acceptors (Lipinski definition) is 3. The molecule has 2 N–H and O–H groups in total. The van der Waals surface area contributed by atoms with E-state index < -0.39 is 0 Å². The minimum atomic E-state index is -0.0597. The fraction of sp³-hybridized carbons (Fsp3) is 0.227. The molecule has 1 unspecified atom stereocenters. The molecule has 3 aromatic rings. The first-order chi connectivity index (χ1) is 12.3. The van der Waals surface area contributed by atoms with E-state index in [2.05, 4.69) is 65.8 Å². The summed E-state index contributed by atoms with van der Waals surface area (Å²) in [4.78, 5) is 4.07. The van der Waals surface area contributed by atoms with E-state index >= 15 is 0 Å². The zero-order valence-corrected chi connectivity index (χ0v) is 14.5. The largest absolute Gasteiger partial charge is 0.394 e. The third-order valence-corrected chi connectivity index (χ3v) is 4.47. The van der Waals surface area contributed by atoms with Gasteiger partial charge < -0.3 is 10.4 Å². The lowest BCUT2D eigenvalue weighted by atomic mass is 10.0. The number of pyridine rings is 1. The molecule has 0 radical (unpaired) electrons. The van der Waals surface area contributed by atoms with E-state index in [9.17, 15) is 5.11 Å². The highest BCUT2D eigenvalue weighted by atomic mass is 16.3. The summed E-state index contributed by atoms with van der Waals surface area (Å²) in [5, 5.41) is 13.2. The molecular formula is C22H24N2O. The first kappa shape index (κ1) is 17.3. The molecule has 2 aromatic carbocycles. The molecule has 0 saturated carbocycles. The number of nitrogens with one attached hydrogen (secondary N) is 1. The van der Waals surface area contributed by atoms with Crippen molar-refractivity contribution in [1.29, 1.82) is 0 Å². The third kappa shape index (κ3) is 4.53.